The Labute approximate surface area is 61.0 Å². The molecule has 3 heteroatoms. The van der Waals surface area contributed by atoms with Crippen LogP contribution in [0, 0.1) is 5.92 Å². The SMILES string of the molecule is C[C@@H](N)[C@@H]1CCC(=O)NC1. The largest absolute Gasteiger partial charge is 0.356 e. The van der Waals surface area contributed by atoms with Crippen molar-refractivity contribution < 1.29 is 4.79 Å². The van der Waals surface area contributed by atoms with Crippen molar-refractivity contribution in [1.29, 1.82) is 0 Å². The normalized spacial score (nSPS) is 29.4. The van der Waals surface area contributed by atoms with Gasteiger partial charge in [-0.15, -0.1) is 0 Å². The monoisotopic (exact) mass is 142 g/mol. The van der Waals surface area contributed by atoms with E-state index in [0.29, 0.717) is 12.3 Å². The lowest BCUT2D eigenvalue weighted by Gasteiger charge is -2.25. The van der Waals surface area contributed by atoms with Crippen LogP contribution < -0.4 is 11.1 Å². The second kappa shape index (κ2) is 3.01. The summed E-state index contributed by atoms with van der Waals surface area (Å²) < 4.78 is 0. The number of piperidine rings is 1. The van der Waals surface area contributed by atoms with Crippen molar-refractivity contribution in [1.82, 2.24) is 5.32 Å². The van der Waals surface area contributed by atoms with Gasteiger partial charge in [-0.25, -0.2) is 0 Å². The van der Waals surface area contributed by atoms with Crippen LogP contribution in [0.4, 0.5) is 0 Å². The van der Waals surface area contributed by atoms with E-state index in [1.807, 2.05) is 6.92 Å². The van der Waals surface area contributed by atoms with Gasteiger partial charge in [-0.3, -0.25) is 4.79 Å². The van der Waals surface area contributed by atoms with Crippen LogP contribution in [0.2, 0.25) is 0 Å². The number of hydrogen-bond acceptors (Lipinski definition) is 2. The summed E-state index contributed by atoms with van der Waals surface area (Å²) in [5, 5.41) is 2.79. The molecule has 0 aromatic heterocycles. The molecule has 3 nitrogen and oxygen atoms in total. The molecule has 58 valence electrons. The number of rotatable bonds is 1. The summed E-state index contributed by atoms with van der Waals surface area (Å²) in [6, 6.07) is 0.209. The maximum atomic E-state index is 10.7. The Hall–Kier alpha value is -0.570. The van der Waals surface area contributed by atoms with E-state index in [1.165, 1.54) is 0 Å². The van der Waals surface area contributed by atoms with Crippen LogP contribution >= 0.6 is 0 Å². The van der Waals surface area contributed by atoms with E-state index >= 15 is 0 Å². The van der Waals surface area contributed by atoms with Crippen LogP contribution in [0.15, 0.2) is 0 Å². The van der Waals surface area contributed by atoms with Gasteiger partial charge in [0.05, 0.1) is 0 Å². The number of hydrogen-bond donors (Lipinski definition) is 2. The summed E-state index contributed by atoms with van der Waals surface area (Å²) in [4.78, 5) is 10.7. The van der Waals surface area contributed by atoms with Crippen LogP contribution in [0.5, 0.6) is 0 Å². The molecule has 1 heterocycles. The molecule has 1 fully saturated rings. The minimum atomic E-state index is 0.164. The van der Waals surface area contributed by atoms with Gasteiger partial charge in [0.15, 0.2) is 0 Å². The predicted octanol–water partition coefficient (Wildman–Crippen LogP) is -0.140. The Balaban J connectivity index is 2.33. The van der Waals surface area contributed by atoms with Gasteiger partial charge in [-0.05, 0) is 19.3 Å². The van der Waals surface area contributed by atoms with Gasteiger partial charge in [0.1, 0.15) is 0 Å². The summed E-state index contributed by atoms with van der Waals surface area (Å²) in [5.41, 5.74) is 5.66. The summed E-state index contributed by atoms with van der Waals surface area (Å²) in [6.07, 6.45) is 1.59. The molecule has 0 radical (unpaired) electrons. The highest BCUT2D eigenvalue weighted by molar-refractivity contribution is 5.76. The van der Waals surface area contributed by atoms with Crippen molar-refractivity contribution in [3.8, 4) is 0 Å². The number of carbonyl (C=O) groups is 1. The summed E-state index contributed by atoms with van der Waals surface area (Å²) in [6.45, 7) is 2.75. The number of nitrogens with two attached hydrogens (primary N) is 1. The van der Waals surface area contributed by atoms with Crippen LogP contribution in [-0.2, 0) is 4.79 Å². The van der Waals surface area contributed by atoms with Crippen molar-refractivity contribution in [2.24, 2.45) is 11.7 Å². The maximum absolute atomic E-state index is 10.7. The van der Waals surface area contributed by atoms with E-state index in [4.69, 9.17) is 5.73 Å². The highest BCUT2D eigenvalue weighted by Gasteiger charge is 2.20. The first kappa shape index (κ1) is 7.54. The lowest BCUT2D eigenvalue weighted by molar-refractivity contribution is -0.123. The van der Waals surface area contributed by atoms with E-state index in [2.05, 4.69) is 5.32 Å². The highest BCUT2D eigenvalue weighted by Crippen LogP contribution is 2.12. The fraction of sp³-hybridized carbons (Fsp3) is 0.857. The van der Waals surface area contributed by atoms with Crippen molar-refractivity contribution in [3.05, 3.63) is 0 Å². The first-order valence-corrected chi connectivity index (χ1v) is 3.72. The van der Waals surface area contributed by atoms with Crippen molar-refractivity contribution in [2.45, 2.75) is 25.8 Å². The lowest BCUT2D eigenvalue weighted by Crippen LogP contribution is -2.42. The van der Waals surface area contributed by atoms with E-state index in [0.717, 1.165) is 13.0 Å². The average molecular weight is 142 g/mol. The Morgan fingerprint density at radius 1 is 1.80 bits per heavy atom. The van der Waals surface area contributed by atoms with Gasteiger partial charge in [0.25, 0.3) is 0 Å². The first-order valence-electron chi connectivity index (χ1n) is 3.72. The Bertz CT molecular complexity index is 124. The van der Waals surface area contributed by atoms with E-state index in [9.17, 15) is 4.79 Å². The molecular weight excluding hydrogens is 128 g/mol. The third-order valence-electron chi connectivity index (χ3n) is 2.05. The van der Waals surface area contributed by atoms with Gasteiger partial charge < -0.3 is 11.1 Å². The van der Waals surface area contributed by atoms with Crippen LogP contribution in [-0.4, -0.2) is 18.5 Å². The third-order valence-corrected chi connectivity index (χ3v) is 2.05. The molecular formula is C7H14N2O. The first-order chi connectivity index (χ1) is 4.70. The molecule has 0 bridgehead atoms. The zero-order valence-corrected chi connectivity index (χ0v) is 6.26. The van der Waals surface area contributed by atoms with Crippen LogP contribution in [0.25, 0.3) is 0 Å². The second-order valence-electron chi connectivity index (χ2n) is 2.96. The Morgan fingerprint density at radius 3 is 2.90 bits per heavy atom. The second-order valence-corrected chi connectivity index (χ2v) is 2.96. The van der Waals surface area contributed by atoms with Crippen LogP contribution in [0.3, 0.4) is 0 Å². The maximum Gasteiger partial charge on any atom is 0.220 e. The van der Waals surface area contributed by atoms with Gasteiger partial charge >= 0.3 is 0 Å². The predicted molar refractivity (Wildman–Crippen MR) is 39.4 cm³/mol. The van der Waals surface area contributed by atoms with E-state index < -0.39 is 0 Å². The fourth-order valence-electron chi connectivity index (χ4n) is 1.20. The molecule has 1 aliphatic heterocycles. The Kier molecular flexibility index (Phi) is 2.27. The smallest absolute Gasteiger partial charge is 0.220 e. The molecule has 10 heavy (non-hydrogen) atoms. The quantitative estimate of drug-likeness (QED) is 0.535. The standard InChI is InChI=1S/C7H14N2O/c1-5(8)6-2-3-7(10)9-4-6/h5-6H,2-4,8H2,1H3,(H,9,10)/t5-,6-/m1/s1. The van der Waals surface area contributed by atoms with Crippen LogP contribution in [0.1, 0.15) is 19.8 Å². The number of nitrogens with one attached hydrogen (secondary N) is 1. The third kappa shape index (κ3) is 1.70. The molecule has 1 amide bonds. The zero-order valence-electron chi connectivity index (χ0n) is 6.26. The average Bonchev–Trinajstić information content (AvgIpc) is 1.88. The molecule has 2 atom stereocenters. The molecule has 3 N–H and O–H groups in total. The van der Waals surface area contributed by atoms with Crippen molar-refractivity contribution in [3.63, 3.8) is 0 Å². The zero-order chi connectivity index (χ0) is 7.56. The minimum absolute atomic E-state index is 0.164. The summed E-state index contributed by atoms with van der Waals surface area (Å²) in [5.74, 6) is 0.648. The van der Waals surface area contributed by atoms with Gasteiger partial charge in [-0.2, -0.15) is 0 Å². The van der Waals surface area contributed by atoms with Gasteiger partial charge in [0.2, 0.25) is 5.91 Å². The number of amides is 1. The summed E-state index contributed by atoms with van der Waals surface area (Å²) >= 11 is 0. The highest BCUT2D eigenvalue weighted by atomic mass is 16.1. The van der Waals surface area contributed by atoms with Gasteiger partial charge in [0, 0.05) is 19.0 Å². The number of carbonyl (C=O) groups excluding carboxylic acids is 1. The van der Waals surface area contributed by atoms with Crippen molar-refractivity contribution >= 4 is 5.91 Å². The molecule has 0 spiro atoms. The van der Waals surface area contributed by atoms with E-state index in [1.54, 1.807) is 0 Å². The molecule has 0 saturated carbocycles. The molecule has 1 rings (SSSR count). The lowest BCUT2D eigenvalue weighted by atomic mass is 9.93. The molecule has 0 unspecified atom stereocenters. The molecule has 0 aliphatic carbocycles. The molecule has 1 aliphatic rings. The topological polar surface area (TPSA) is 55.1 Å². The molecule has 0 aromatic rings. The minimum Gasteiger partial charge on any atom is -0.356 e. The molecule has 0 aromatic carbocycles. The fourth-order valence-corrected chi connectivity index (χ4v) is 1.20. The molecule has 1 saturated heterocycles. The summed E-state index contributed by atoms with van der Waals surface area (Å²) in [7, 11) is 0. The van der Waals surface area contributed by atoms with E-state index in [-0.39, 0.29) is 11.9 Å². The Morgan fingerprint density at radius 2 is 2.50 bits per heavy atom. The van der Waals surface area contributed by atoms with Gasteiger partial charge in [-0.1, -0.05) is 0 Å². The van der Waals surface area contributed by atoms with Crippen molar-refractivity contribution in [2.75, 3.05) is 6.54 Å².